The first kappa shape index (κ1) is 14.6. The maximum absolute atomic E-state index is 5.56. The van der Waals surface area contributed by atoms with Gasteiger partial charge in [0.2, 0.25) is 5.95 Å². The third-order valence-corrected chi connectivity index (χ3v) is 3.95. The van der Waals surface area contributed by atoms with Gasteiger partial charge in [-0.1, -0.05) is 32.0 Å². The minimum Gasteiger partial charge on any atom is -0.501 e. The van der Waals surface area contributed by atoms with Gasteiger partial charge < -0.3 is 10.1 Å². The maximum Gasteiger partial charge on any atom is 0.227 e. The van der Waals surface area contributed by atoms with E-state index in [-0.39, 0.29) is 5.92 Å². The SMILES string of the molecule is COC1=CCc2cnc(Nc3ccccc3)nc2C1C(C)C. The van der Waals surface area contributed by atoms with Crippen molar-refractivity contribution in [3.63, 3.8) is 0 Å². The number of fused-ring (bicyclic) bond motifs is 1. The lowest BCUT2D eigenvalue weighted by molar-refractivity contribution is 0.240. The monoisotopic (exact) mass is 295 g/mol. The van der Waals surface area contributed by atoms with Crippen LogP contribution in [0.2, 0.25) is 0 Å². The van der Waals surface area contributed by atoms with Crippen LogP contribution in [0.3, 0.4) is 0 Å². The summed E-state index contributed by atoms with van der Waals surface area (Å²) in [5, 5.41) is 3.26. The van der Waals surface area contributed by atoms with Gasteiger partial charge in [0.25, 0.3) is 0 Å². The normalized spacial score (nSPS) is 16.9. The van der Waals surface area contributed by atoms with Crippen LogP contribution < -0.4 is 5.32 Å². The zero-order valence-electron chi connectivity index (χ0n) is 13.2. The van der Waals surface area contributed by atoms with E-state index in [2.05, 4.69) is 30.2 Å². The molecular weight excluding hydrogens is 274 g/mol. The number of aromatic nitrogens is 2. The van der Waals surface area contributed by atoms with Gasteiger partial charge in [-0.25, -0.2) is 9.97 Å². The van der Waals surface area contributed by atoms with E-state index in [0.29, 0.717) is 11.9 Å². The van der Waals surface area contributed by atoms with E-state index in [9.17, 15) is 0 Å². The van der Waals surface area contributed by atoms with Crippen LogP contribution in [-0.4, -0.2) is 17.1 Å². The molecule has 3 rings (SSSR count). The summed E-state index contributed by atoms with van der Waals surface area (Å²) in [6.45, 7) is 4.39. The van der Waals surface area contributed by atoms with Gasteiger partial charge in [0, 0.05) is 11.9 Å². The van der Waals surface area contributed by atoms with Crippen molar-refractivity contribution in [3.8, 4) is 0 Å². The van der Waals surface area contributed by atoms with E-state index in [1.807, 2.05) is 36.5 Å². The van der Waals surface area contributed by atoms with E-state index in [4.69, 9.17) is 9.72 Å². The Hall–Kier alpha value is -2.36. The fourth-order valence-corrected chi connectivity index (χ4v) is 2.88. The lowest BCUT2D eigenvalue weighted by atomic mass is 9.83. The third-order valence-electron chi connectivity index (χ3n) is 3.95. The molecule has 1 aliphatic rings. The first-order valence-electron chi connectivity index (χ1n) is 7.61. The molecule has 114 valence electrons. The zero-order chi connectivity index (χ0) is 15.5. The Balaban J connectivity index is 1.94. The molecule has 1 atom stereocenters. The highest BCUT2D eigenvalue weighted by Gasteiger charge is 2.29. The highest BCUT2D eigenvalue weighted by molar-refractivity contribution is 5.53. The van der Waals surface area contributed by atoms with Gasteiger partial charge in [0.15, 0.2) is 0 Å². The molecule has 0 fully saturated rings. The topological polar surface area (TPSA) is 47.0 Å². The quantitative estimate of drug-likeness (QED) is 0.924. The molecule has 1 aromatic carbocycles. The van der Waals surface area contributed by atoms with Gasteiger partial charge in [0.1, 0.15) is 5.76 Å². The number of methoxy groups -OCH3 is 1. The molecule has 1 aromatic heterocycles. The molecule has 22 heavy (non-hydrogen) atoms. The van der Waals surface area contributed by atoms with E-state index in [1.54, 1.807) is 7.11 Å². The van der Waals surface area contributed by atoms with E-state index < -0.39 is 0 Å². The van der Waals surface area contributed by atoms with Crippen LogP contribution >= 0.6 is 0 Å². The number of rotatable bonds is 4. The Kier molecular flexibility index (Phi) is 4.09. The van der Waals surface area contributed by atoms with Gasteiger partial charge in [-0.2, -0.15) is 0 Å². The number of hydrogen-bond donors (Lipinski definition) is 1. The Morgan fingerprint density at radius 2 is 2.00 bits per heavy atom. The van der Waals surface area contributed by atoms with Crippen LogP contribution in [0, 0.1) is 5.92 Å². The third kappa shape index (κ3) is 2.82. The van der Waals surface area contributed by atoms with Gasteiger partial charge in [0.05, 0.1) is 18.7 Å². The molecule has 0 saturated heterocycles. The Morgan fingerprint density at radius 3 is 2.68 bits per heavy atom. The molecule has 0 amide bonds. The minimum absolute atomic E-state index is 0.188. The zero-order valence-corrected chi connectivity index (χ0v) is 13.2. The minimum atomic E-state index is 0.188. The highest BCUT2D eigenvalue weighted by atomic mass is 16.5. The Labute approximate surface area is 131 Å². The molecule has 0 saturated carbocycles. The summed E-state index contributed by atoms with van der Waals surface area (Å²) < 4.78 is 5.56. The van der Waals surface area contributed by atoms with Crippen molar-refractivity contribution < 1.29 is 4.74 Å². The standard InChI is InChI=1S/C18H21N3O/c1-12(2)16-15(22-3)10-9-13-11-19-18(21-17(13)16)20-14-7-5-4-6-8-14/h4-8,10-12,16H,9H2,1-3H3,(H,19,20,21). The van der Waals surface area contributed by atoms with Crippen LogP contribution in [0.4, 0.5) is 11.6 Å². The van der Waals surface area contributed by atoms with Crippen LogP contribution in [0.5, 0.6) is 0 Å². The summed E-state index contributed by atoms with van der Waals surface area (Å²) in [6, 6.07) is 9.97. The van der Waals surface area contributed by atoms with Crippen LogP contribution in [0.1, 0.15) is 31.0 Å². The molecule has 0 spiro atoms. The predicted molar refractivity (Wildman–Crippen MR) is 88.1 cm³/mol. The molecule has 4 heteroatoms. The summed E-state index contributed by atoms with van der Waals surface area (Å²) >= 11 is 0. The van der Waals surface area contributed by atoms with Gasteiger partial charge in [-0.3, -0.25) is 0 Å². The van der Waals surface area contributed by atoms with Crippen molar-refractivity contribution in [2.24, 2.45) is 5.92 Å². The second-order valence-electron chi connectivity index (χ2n) is 5.83. The smallest absolute Gasteiger partial charge is 0.227 e. The number of allylic oxidation sites excluding steroid dienone is 2. The van der Waals surface area contributed by atoms with Gasteiger partial charge in [-0.05, 0) is 36.1 Å². The number of benzene rings is 1. The van der Waals surface area contributed by atoms with E-state index >= 15 is 0 Å². The van der Waals surface area contributed by atoms with Crippen molar-refractivity contribution in [2.75, 3.05) is 12.4 Å². The molecule has 1 aliphatic carbocycles. The molecular formula is C18H21N3O. The van der Waals surface area contributed by atoms with E-state index in [1.165, 1.54) is 5.56 Å². The lowest BCUT2D eigenvalue weighted by Crippen LogP contribution is -2.20. The summed E-state index contributed by atoms with van der Waals surface area (Å²) in [7, 11) is 1.73. The molecule has 1 unspecified atom stereocenters. The lowest BCUT2D eigenvalue weighted by Gasteiger charge is -2.28. The average molecular weight is 295 g/mol. The summed E-state index contributed by atoms with van der Waals surface area (Å²) in [6.07, 6.45) is 4.89. The van der Waals surface area contributed by atoms with Gasteiger partial charge in [-0.15, -0.1) is 0 Å². The molecule has 0 bridgehead atoms. The average Bonchev–Trinajstić information content (AvgIpc) is 2.54. The highest BCUT2D eigenvalue weighted by Crippen LogP contribution is 2.37. The Morgan fingerprint density at radius 1 is 1.23 bits per heavy atom. The number of anilines is 2. The number of hydrogen-bond acceptors (Lipinski definition) is 4. The van der Waals surface area contributed by atoms with Crippen molar-refractivity contribution in [1.82, 2.24) is 9.97 Å². The largest absolute Gasteiger partial charge is 0.501 e. The van der Waals surface area contributed by atoms with Crippen LogP contribution in [-0.2, 0) is 11.2 Å². The van der Waals surface area contributed by atoms with Gasteiger partial charge >= 0.3 is 0 Å². The first-order chi connectivity index (χ1) is 10.7. The number of para-hydroxylation sites is 1. The van der Waals surface area contributed by atoms with Crippen molar-refractivity contribution in [3.05, 3.63) is 59.6 Å². The molecule has 1 N–H and O–H groups in total. The Bertz CT molecular complexity index is 680. The van der Waals surface area contributed by atoms with Crippen molar-refractivity contribution in [2.45, 2.75) is 26.2 Å². The van der Waals surface area contributed by atoms with E-state index in [0.717, 1.165) is 23.6 Å². The fraction of sp³-hybridized carbons (Fsp3) is 0.333. The first-order valence-corrected chi connectivity index (χ1v) is 7.61. The molecule has 2 aromatic rings. The second kappa shape index (κ2) is 6.18. The summed E-state index contributed by atoms with van der Waals surface area (Å²) in [5.41, 5.74) is 3.24. The molecule has 4 nitrogen and oxygen atoms in total. The second-order valence-corrected chi connectivity index (χ2v) is 5.83. The summed E-state index contributed by atoms with van der Waals surface area (Å²) in [5.74, 6) is 2.25. The fourth-order valence-electron chi connectivity index (χ4n) is 2.88. The van der Waals surface area contributed by atoms with Crippen LogP contribution in [0.25, 0.3) is 0 Å². The molecule has 0 aliphatic heterocycles. The van der Waals surface area contributed by atoms with Crippen molar-refractivity contribution in [1.29, 1.82) is 0 Å². The number of nitrogens with one attached hydrogen (secondary N) is 1. The maximum atomic E-state index is 5.56. The number of nitrogens with zero attached hydrogens (tertiary/aromatic N) is 2. The predicted octanol–water partition coefficient (Wildman–Crippen LogP) is 4.05. The molecule has 0 radical (unpaired) electrons. The van der Waals surface area contributed by atoms with Crippen molar-refractivity contribution >= 4 is 11.6 Å². The summed E-state index contributed by atoms with van der Waals surface area (Å²) in [4.78, 5) is 9.21. The molecule has 1 heterocycles. The number of ether oxygens (including phenoxy) is 1. The van der Waals surface area contributed by atoms with Crippen LogP contribution in [0.15, 0.2) is 48.4 Å².